The highest BCUT2D eigenvalue weighted by Crippen LogP contribution is 2.44. The van der Waals surface area contributed by atoms with E-state index in [2.05, 4.69) is 10.1 Å². The van der Waals surface area contributed by atoms with Gasteiger partial charge >= 0.3 is 0 Å². The third-order valence-electron chi connectivity index (χ3n) is 5.37. The Balaban J connectivity index is 1.45. The van der Waals surface area contributed by atoms with Crippen LogP contribution in [-0.4, -0.2) is 39.5 Å². The van der Waals surface area contributed by atoms with Crippen LogP contribution in [0.15, 0.2) is 43.0 Å². The summed E-state index contributed by atoms with van der Waals surface area (Å²) in [6.45, 7) is 1.64. The lowest BCUT2D eigenvalue weighted by Gasteiger charge is -2.28. The van der Waals surface area contributed by atoms with Gasteiger partial charge in [0, 0.05) is 43.2 Å². The normalized spacial score (nSPS) is 14.2. The van der Waals surface area contributed by atoms with Gasteiger partial charge in [-0.2, -0.15) is 5.10 Å². The number of ether oxygens (including phenoxy) is 4. The van der Waals surface area contributed by atoms with Gasteiger partial charge in [-0.1, -0.05) is 12.1 Å². The SMILES string of the molecule is COc1cccc2c1Oc1cc3c(cc1CN(C(=O)CCCn1cncn1)C2)OCO3. The predicted octanol–water partition coefficient (Wildman–Crippen LogP) is 3.13. The second kappa shape index (κ2) is 8.17. The second-order valence-corrected chi connectivity index (χ2v) is 7.38. The van der Waals surface area contributed by atoms with Crippen LogP contribution in [0.3, 0.4) is 0 Å². The first-order valence-electron chi connectivity index (χ1n) is 10.1. The van der Waals surface area contributed by atoms with Crippen LogP contribution < -0.4 is 18.9 Å². The molecule has 160 valence electrons. The van der Waals surface area contributed by atoms with E-state index in [-0.39, 0.29) is 12.7 Å². The summed E-state index contributed by atoms with van der Waals surface area (Å²) in [5, 5.41) is 4.09. The second-order valence-electron chi connectivity index (χ2n) is 7.38. The maximum Gasteiger partial charge on any atom is 0.231 e. The molecule has 2 aromatic carbocycles. The first-order valence-corrected chi connectivity index (χ1v) is 10.1. The minimum Gasteiger partial charge on any atom is -0.493 e. The highest BCUT2D eigenvalue weighted by molar-refractivity contribution is 5.76. The molecule has 3 aromatic rings. The highest BCUT2D eigenvalue weighted by atomic mass is 16.7. The summed E-state index contributed by atoms with van der Waals surface area (Å²) in [6.07, 6.45) is 4.22. The summed E-state index contributed by atoms with van der Waals surface area (Å²) in [7, 11) is 1.60. The van der Waals surface area contributed by atoms with Crippen LogP contribution in [0.5, 0.6) is 28.7 Å². The van der Waals surface area contributed by atoms with Gasteiger partial charge in [-0.15, -0.1) is 0 Å². The van der Waals surface area contributed by atoms with Gasteiger partial charge in [0.1, 0.15) is 18.4 Å². The highest BCUT2D eigenvalue weighted by Gasteiger charge is 2.27. The van der Waals surface area contributed by atoms with Gasteiger partial charge in [0.15, 0.2) is 23.0 Å². The quantitative estimate of drug-likeness (QED) is 0.624. The number of hydrogen-bond acceptors (Lipinski definition) is 7. The van der Waals surface area contributed by atoms with Crippen molar-refractivity contribution in [2.75, 3.05) is 13.9 Å². The van der Waals surface area contributed by atoms with E-state index in [1.807, 2.05) is 35.2 Å². The van der Waals surface area contributed by atoms with Crippen molar-refractivity contribution in [1.29, 1.82) is 0 Å². The molecule has 9 heteroatoms. The van der Waals surface area contributed by atoms with E-state index < -0.39 is 0 Å². The topological polar surface area (TPSA) is 87.9 Å². The van der Waals surface area contributed by atoms with Crippen LogP contribution in [0.25, 0.3) is 0 Å². The first kappa shape index (κ1) is 19.2. The number of fused-ring (bicyclic) bond motifs is 3. The van der Waals surface area contributed by atoms with Crippen molar-refractivity contribution in [1.82, 2.24) is 19.7 Å². The number of carbonyl (C=O) groups is 1. The van der Waals surface area contributed by atoms with E-state index in [1.54, 1.807) is 18.1 Å². The lowest BCUT2D eigenvalue weighted by Crippen LogP contribution is -2.31. The third-order valence-corrected chi connectivity index (χ3v) is 5.37. The smallest absolute Gasteiger partial charge is 0.231 e. The third kappa shape index (κ3) is 3.86. The van der Waals surface area contributed by atoms with Gasteiger partial charge in [0.2, 0.25) is 12.7 Å². The van der Waals surface area contributed by atoms with E-state index in [0.717, 1.165) is 11.1 Å². The van der Waals surface area contributed by atoms with Crippen molar-refractivity contribution in [2.45, 2.75) is 32.5 Å². The molecule has 9 nitrogen and oxygen atoms in total. The Morgan fingerprint density at radius 1 is 1.13 bits per heavy atom. The molecule has 0 saturated carbocycles. The zero-order valence-electron chi connectivity index (χ0n) is 17.1. The Hall–Kier alpha value is -3.75. The van der Waals surface area contributed by atoms with Gasteiger partial charge in [0.05, 0.1) is 7.11 Å². The number of amides is 1. The van der Waals surface area contributed by atoms with Crippen LogP contribution in [-0.2, 0) is 24.4 Å². The average Bonchev–Trinajstić information content (AvgIpc) is 3.44. The van der Waals surface area contributed by atoms with Crippen LogP contribution in [0.4, 0.5) is 0 Å². The monoisotopic (exact) mass is 422 g/mol. The van der Waals surface area contributed by atoms with Crippen molar-refractivity contribution in [3.63, 3.8) is 0 Å². The van der Waals surface area contributed by atoms with E-state index in [0.29, 0.717) is 61.2 Å². The Morgan fingerprint density at radius 2 is 1.97 bits per heavy atom. The largest absolute Gasteiger partial charge is 0.493 e. The molecule has 0 N–H and O–H groups in total. The number of aryl methyl sites for hydroxylation is 1. The summed E-state index contributed by atoms with van der Waals surface area (Å²) < 4.78 is 24.6. The van der Waals surface area contributed by atoms with Gasteiger partial charge in [-0.05, 0) is 18.6 Å². The predicted molar refractivity (Wildman–Crippen MR) is 109 cm³/mol. The molecule has 0 saturated heterocycles. The molecule has 1 amide bonds. The minimum atomic E-state index is 0.0550. The number of hydrogen-bond donors (Lipinski definition) is 0. The fourth-order valence-corrected chi connectivity index (χ4v) is 3.80. The molecule has 2 aliphatic rings. The fourth-order valence-electron chi connectivity index (χ4n) is 3.80. The van der Waals surface area contributed by atoms with Crippen LogP contribution in [0.1, 0.15) is 24.0 Å². The van der Waals surface area contributed by atoms with E-state index >= 15 is 0 Å². The number of benzene rings is 2. The van der Waals surface area contributed by atoms with Crippen molar-refractivity contribution < 1.29 is 23.7 Å². The zero-order valence-corrected chi connectivity index (χ0v) is 17.1. The van der Waals surface area contributed by atoms with Crippen LogP contribution in [0, 0.1) is 0 Å². The molecule has 0 atom stereocenters. The van der Waals surface area contributed by atoms with Crippen LogP contribution >= 0.6 is 0 Å². The van der Waals surface area contributed by atoms with Gasteiger partial charge < -0.3 is 23.8 Å². The molecule has 0 unspecified atom stereocenters. The van der Waals surface area contributed by atoms with Gasteiger partial charge in [-0.25, -0.2) is 4.98 Å². The summed E-state index contributed by atoms with van der Waals surface area (Å²) in [4.78, 5) is 18.9. The molecule has 0 radical (unpaired) electrons. The standard InChI is InChI=1S/C22H22N4O5/c1-28-17-5-2-4-15-10-25(21(27)6-3-7-26-13-23-12-24-26)11-16-8-19-20(30-14-29-19)9-18(16)31-22(15)17/h2,4-5,8-9,12-13H,3,6-7,10-11,14H2,1H3. The number of carbonyl (C=O) groups excluding carboxylic acids is 1. The molecule has 5 rings (SSSR count). The fraction of sp³-hybridized carbons (Fsp3) is 0.318. The molecular weight excluding hydrogens is 400 g/mol. The molecule has 0 aliphatic carbocycles. The van der Waals surface area contributed by atoms with Gasteiger partial charge in [0.25, 0.3) is 0 Å². The van der Waals surface area contributed by atoms with Gasteiger partial charge in [-0.3, -0.25) is 9.48 Å². The maximum absolute atomic E-state index is 13.2. The summed E-state index contributed by atoms with van der Waals surface area (Å²) in [6, 6.07) is 9.39. The van der Waals surface area contributed by atoms with Crippen molar-refractivity contribution in [3.8, 4) is 28.7 Å². The van der Waals surface area contributed by atoms with Crippen molar-refractivity contribution in [2.24, 2.45) is 0 Å². The Kier molecular flexibility index (Phi) is 5.07. The summed E-state index contributed by atoms with van der Waals surface area (Å²) in [5.74, 6) is 3.17. The molecule has 31 heavy (non-hydrogen) atoms. The Morgan fingerprint density at radius 3 is 2.77 bits per heavy atom. The number of para-hydroxylation sites is 1. The molecule has 3 heterocycles. The molecule has 2 aliphatic heterocycles. The van der Waals surface area contributed by atoms with Crippen molar-refractivity contribution >= 4 is 5.91 Å². The van der Waals surface area contributed by atoms with E-state index in [1.165, 1.54) is 6.33 Å². The van der Waals surface area contributed by atoms with E-state index in [9.17, 15) is 4.79 Å². The lowest BCUT2D eigenvalue weighted by atomic mass is 10.1. The van der Waals surface area contributed by atoms with Crippen molar-refractivity contribution in [3.05, 3.63) is 54.1 Å². The van der Waals surface area contributed by atoms with Crippen LogP contribution in [0.2, 0.25) is 0 Å². The van der Waals surface area contributed by atoms with E-state index in [4.69, 9.17) is 18.9 Å². The lowest BCUT2D eigenvalue weighted by molar-refractivity contribution is -0.132. The number of methoxy groups -OCH3 is 1. The maximum atomic E-state index is 13.2. The molecule has 0 bridgehead atoms. The zero-order chi connectivity index (χ0) is 21.2. The number of rotatable bonds is 5. The summed E-state index contributed by atoms with van der Waals surface area (Å²) >= 11 is 0. The molecule has 0 spiro atoms. The number of nitrogens with zero attached hydrogens (tertiary/aromatic N) is 4. The minimum absolute atomic E-state index is 0.0550. The first-order chi connectivity index (χ1) is 15.2. The Bertz CT molecular complexity index is 1100. The molecule has 1 aromatic heterocycles. The average molecular weight is 422 g/mol. The summed E-state index contributed by atoms with van der Waals surface area (Å²) in [5.41, 5.74) is 1.73. The molecular formula is C22H22N4O5. The molecule has 0 fully saturated rings. The Labute approximate surface area is 179 Å². The number of aromatic nitrogens is 3.